The average Bonchev–Trinajstić information content (AvgIpc) is 2.62. The molecule has 0 N–H and O–H groups in total. The molecule has 1 aliphatic heterocycles. The fourth-order valence-corrected chi connectivity index (χ4v) is 2.36. The molecule has 3 rings (SSSR count). The molecule has 0 radical (unpaired) electrons. The van der Waals surface area contributed by atoms with Crippen LogP contribution in [-0.4, -0.2) is 54.1 Å². The zero-order valence-corrected chi connectivity index (χ0v) is 12.5. The molecule has 114 valence electrons. The van der Waals surface area contributed by atoms with Crippen molar-refractivity contribution >= 4 is 17.4 Å². The number of rotatable bonds is 3. The van der Waals surface area contributed by atoms with Crippen LogP contribution in [0.2, 0.25) is 0 Å². The lowest BCUT2D eigenvalue weighted by Crippen LogP contribution is -2.41. The van der Waals surface area contributed by atoms with Gasteiger partial charge >= 0.3 is 0 Å². The van der Waals surface area contributed by atoms with Crippen molar-refractivity contribution in [1.29, 1.82) is 0 Å². The molecule has 2 aromatic rings. The molecule has 1 aliphatic rings. The van der Waals surface area contributed by atoms with Gasteiger partial charge in [0.05, 0.1) is 13.2 Å². The average molecular weight is 298 g/mol. The summed E-state index contributed by atoms with van der Waals surface area (Å²) in [7, 11) is 1.92. The fourth-order valence-electron chi connectivity index (χ4n) is 2.36. The van der Waals surface area contributed by atoms with Gasteiger partial charge in [-0.15, -0.1) is 0 Å². The second-order valence-electron chi connectivity index (χ2n) is 5.06. The number of hydrogen-bond acceptors (Lipinski definition) is 5. The van der Waals surface area contributed by atoms with Gasteiger partial charge in [0.2, 0.25) is 0 Å². The quantitative estimate of drug-likeness (QED) is 0.863. The molecule has 0 saturated carbocycles. The van der Waals surface area contributed by atoms with E-state index in [1.807, 2.05) is 42.3 Å². The largest absolute Gasteiger partial charge is 0.378 e. The van der Waals surface area contributed by atoms with Crippen molar-refractivity contribution in [3.8, 4) is 0 Å². The zero-order chi connectivity index (χ0) is 15.4. The van der Waals surface area contributed by atoms with Gasteiger partial charge in [0.15, 0.2) is 0 Å². The van der Waals surface area contributed by atoms with Gasteiger partial charge in [0.25, 0.3) is 5.91 Å². The van der Waals surface area contributed by atoms with Gasteiger partial charge in [0.1, 0.15) is 17.8 Å². The van der Waals surface area contributed by atoms with Crippen LogP contribution >= 0.6 is 0 Å². The van der Waals surface area contributed by atoms with E-state index < -0.39 is 0 Å². The lowest BCUT2D eigenvalue weighted by molar-refractivity contribution is 0.0299. The minimum atomic E-state index is -0.0755. The fraction of sp³-hybridized carbons (Fsp3) is 0.312. The first-order valence-electron chi connectivity index (χ1n) is 7.23. The maximum absolute atomic E-state index is 12.5. The maximum Gasteiger partial charge on any atom is 0.272 e. The van der Waals surface area contributed by atoms with E-state index in [1.165, 1.54) is 6.33 Å². The second-order valence-corrected chi connectivity index (χ2v) is 5.06. The van der Waals surface area contributed by atoms with Crippen LogP contribution < -0.4 is 4.90 Å². The van der Waals surface area contributed by atoms with Crippen molar-refractivity contribution in [3.63, 3.8) is 0 Å². The number of anilines is 2. The highest BCUT2D eigenvalue weighted by molar-refractivity contribution is 5.93. The highest BCUT2D eigenvalue weighted by Gasteiger charge is 2.20. The van der Waals surface area contributed by atoms with Crippen molar-refractivity contribution in [2.45, 2.75) is 0 Å². The van der Waals surface area contributed by atoms with Crippen LogP contribution in [0.3, 0.4) is 0 Å². The standard InChI is InChI=1S/C16H18N4O2/c1-19(13-5-3-2-4-6-13)15-11-14(17-12-18-15)16(21)20-7-9-22-10-8-20/h2-6,11-12H,7-10H2,1H3. The number of para-hydroxylation sites is 1. The molecule has 22 heavy (non-hydrogen) atoms. The third kappa shape index (κ3) is 3.07. The Bertz CT molecular complexity index is 642. The monoisotopic (exact) mass is 298 g/mol. The molecular formula is C16H18N4O2. The predicted octanol–water partition coefficient (Wildman–Crippen LogP) is 1.72. The first-order chi connectivity index (χ1) is 10.8. The molecular weight excluding hydrogens is 280 g/mol. The summed E-state index contributed by atoms with van der Waals surface area (Å²) in [6, 6.07) is 11.6. The van der Waals surface area contributed by atoms with Gasteiger partial charge in [0, 0.05) is 31.9 Å². The number of morpholine rings is 1. The number of amides is 1. The number of carbonyl (C=O) groups is 1. The van der Waals surface area contributed by atoms with Crippen LogP contribution in [0.25, 0.3) is 0 Å². The van der Waals surface area contributed by atoms with Crippen molar-refractivity contribution in [2.24, 2.45) is 0 Å². The van der Waals surface area contributed by atoms with Crippen molar-refractivity contribution in [2.75, 3.05) is 38.3 Å². The van der Waals surface area contributed by atoms with Crippen molar-refractivity contribution < 1.29 is 9.53 Å². The molecule has 1 amide bonds. The Balaban J connectivity index is 1.81. The van der Waals surface area contributed by atoms with E-state index in [0.717, 1.165) is 5.69 Å². The summed E-state index contributed by atoms with van der Waals surface area (Å²) in [4.78, 5) is 24.5. The lowest BCUT2D eigenvalue weighted by Gasteiger charge is -2.26. The van der Waals surface area contributed by atoms with E-state index in [9.17, 15) is 4.79 Å². The summed E-state index contributed by atoms with van der Waals surface area (Å²) in [6.07, 6.45) is 1.43. The molecule has 6 heteroatoms. The number of nitrogens with zero attached hydrogens (tertiary/aromatic N) is 4. The molecule has 2 heterocycles. The highest BCUT2D eigenvalue weighted by Crippen LogP contribution is 2.21. The summed E-state index contributed by atoms with van der Waals surface area (Å²) in [5, 5.41) is 0. The van der Waals surface area contributed by atoms with Crippen LogP contribution in [-0.2, 0) is 4.74 Å². The molecule has 0 unspecified atom stereocenters. The van der Waals surface area contributed by atoms with Crippen LogP contribution in [0.1, 0.15) is 10.5 Å². The molecule has 0 atom stereocenters. The summed E-state index contributed by atoms with van der Waals surface area (Å²) in [5.41, 5.74) is 1.42. The van der Waals surface area contributed by atoms with E-state index in [4.69, 9.17) is 4.74 Å². The molecule has 1 saturated heterocycles. The Labute approximate surface area is 129 Å². The topological polar surface area (TPSA) is 58.6 Å². The summed E-state index contributed by atoms with van der Waals surface area (Å²) < 4.78 is 5.27. The van der Waals surface area contributed by atoms with Gasteiger partial charge in [-0.3, -0.25) is 4.79 Å². The normalized spacial score (nSPS) is 14.7. The van der Waals surface area contributed by atoms with Crippen LogP contribution in [0.5, 0.6) is 0 Å². The van der Waals surface area contributed by atoms with E-state index in [-0.39, 0.29) is 5.91 Å². The molecule has 0 aliphatic carbocycles. The first-order valence-corrected chi connectivity index (χ1v) is 7.23. The highest BCUT2D eigenvalue weighted by atomic mass is 16.5. The van der Waals surface area contributed by atoms with Crippen LogP contribution in [0.4, 0.5) is 11.5 Å². The Morgan fingerprint density at radius 2 is 1.91 bits per heavy atom. The minimum Gasteiger partial charge on any atom is -0.378 e. The Morgan fingerprint density at radius 3 is 2.64 bits per heavy atom. The number of hydrogen-bond donors (Lipinski definition) is 0. The van der Waals surface area contributed by atoms with Gasteiger partial charge < -0.3 is 14.5 Å². The van der Waals surface area contributed by atoms with Gasteiger partial charge in [-0.2, -0.15) is 0 Å². The minimum absolute atomic E-state index is 0.0755. The Morgan fingerprint density at radius 1 is 1.18 bits per heavy atom. The molecule has 1 aromatic heterocycles. The van der Waals surface area contributed by atoms with Crippen LogP contribution in [0.15, 0.2) is 42.7 Å². The number of aromatic nitrogens is 2. The Hall–Kier alpha value is -2.47. The molecule has 1 aromatic carbocycles. The van der Waals surface area contributed by atoms with E-state index >= 15 is 0 Å². The summed E-state index contributed by atoms with van der Waals surface area (Å²) >= 11 is 0. The first kappa shape index (κ1) is 14.5. The van der Waals surface area contributed by atoms with E-state index in [1.54, 1.807) is 11.0 Å². The van der Waals surface area contributed by atoms with E-state index in [2.05, 4.69) is 9.97 Å². The SMILES string of the molecule is CN(c1ccccc1)c1cc(C(=O)N2CCOCC2)ncn1. The van der Waals surface area contributed by atoms with E-state index in [0.29, 0.717) is 37.8 Å². The molecule has 0 bridgehead atoms. The second kappa shape index (κ2) is 6.53. The lowest BCUT2D eigenvalue weighted by atomic mass is 10.2. The zero-order valence-electron chi connectivity index (χ0n) is 12.5. The third-order valence-corrected chi connectivity index (χ3v) is 3.66. The van der Waals surface area contributed by atoms with Gasteiger partial charge in [-0.05, 0) is 12.1 Å². The molecule has 6 nitrogen and oxygen atoms in total. The predicted molar refractivity (Wildman–Crippen MR) is 83.3 cm³/mol. The number of carbonyl (C=O) groups excluding carboxylic acids is 1. The number of benzene rings is 1. The smallest absolute Gasteiger partial charge is 0.272 e. The van der Waals surface area contributed by atoms with Gasteiger partial charge in [-0.25, -0.2) is 9.97 Å². The van der Waals surface area contributed by atoms with Crippen molar-refractivity contribution in [1.82, 2.24) is 14.9 Å². The third-order valence-electron chi connectivity index (χ3n) is 3.66. The summed E-state index contributed by atoms with van der Waals surface area (Å²) in [5.74, 6) is 0.617. The number of ether oxygens (including phenoxy) is 1. The van der Waals surface area contributed by atoms with Crippen molar-refractivity contribution in [3.05, 3.63) is 48.4 Å². The maximum atomic E-state index is 12.5. The Kier molecular flexibility index (Phi) is 4.29. The molecule has 0 spiro atoms. The van der Waals surface area contributed by atoms with Crippen LogP contribution in [0, 0.1) is 0 Å². The molecule has 1 fully saturated rings. The summed E-state index contributed by atoms with van der Waals surface area (Å²) in [6.45, 7) is 2.36. The van der Waals surface area contributed by atoms with Gasteiger partial charge in [-0.1, -0.05) is 18.2 Å².